The number of hydrogen-bond donors (Lipinski definition) is 2. The van der Waals surface area contributed by atoms with Crippen molar-refractivity contribution in [1.82, 2.24) is 10.2 Å². The molecule has 32 heavy (non-hydrogen) atoms. The Morgan fingerprint density at radius 2 is 1.75 bits per heavy atom. The van der Waals surface area contributed by atoms with Crippen LogP contribution in [0.1, 0.15) is 23.2 Å². The van der Waals surface area contributed by atoms with Gasteiger partial charge in [0.2, 0.25) is 0 Å². The number of hydrogen-bond acceptors (Lipinski definition) is 4. The average molecular weight is 426 g/mol. The monoisotopic (exact) mass is 426 g/mol. The quantitative estimate of drug-likeness (QED) is 0.569. The van der Waals surface area contributed by atoms with Crippen molar-refractivity contribution in [2.45, 2.75) is 24.9 Å². The summed E-state index contributed by atoms with van der Waals surface area (Å²) >= 11 is 0. The van der Waals surface area contributed by atoms with E-state index in [0.717, 1.165) is 41.9 Å². The zero-order valence-electron chi connectivity index (χ0n) is 17.5. The highest BCUT2D eigenvalue weighted by Crippen LogP contribution is 2.37. The van der Waals surface area contributed by atoms with Crippen LogP contribution in [0.2, 0.25) is 0 Å². The molecule has 0 radical (unpaired) electrons. The Labute approximate surface area is 186 Å². The smallest absolute Gasteiger partial charge is 0.251 e. The minimum atomic E-state index is -0.275. The lowest BCUT2D eigenvalue weighted by molar-refractivity contribution is 0.0912. The standard InChI is InChI=1S/C26H23FN4O/c27-20-9-11-21(12-10-20)29-23-4-2-1-3-22(23)18-5-7-19(8-6-18)26(32)30-24-13-17-14-25(24)31(15-17)16-28/h1-12,17,24-25,29H,13-15H2,(H,30,32). The summed E-state index contributed by atoms with van der Waals surface area (Å²) in [5.74, 6) is 0.116. The molecule has 2 N–H and O–H groups in total. The van der Waals surface area contributed by atoms with Gasteiger partial charge in [-0.25, -0.2) is 4.39 Å². The Bertz CT molecular complexity index is 1170. The summed E-state index contributed by atoms with van der Waals surface area (Å²) in [6.45, 7) is 0.813. The molecule has 1 aliphatic carbocycles. The van der Waals surface area contributed by atoms with Gasteiger partial charge in [0.05, 0.1) is 12.1 Å². The number of anilines is 2. The number of para-hydroxylation sites is 1. The number of nitrogens with zero attached hydrogens (tertiary/aromatic N) is 2. The molecule has 5 nitrogen and oxygen atoms in total. The van der Waals surface area contributed by atoms with E-state index < -0.39 is 0 Å². The number of piperidine rings is 1. The number of benzene rings is 3. The van der Waals surface area contributed by atoms with Gasteiger partial charge in [-0.3, -0.25) is 4.79 Å². The van der Waals surface area contributed by atoms with Gasteiger partial charge in [-0.05, 0) is 66.8 Å². The van der Waals surface area contributed by atoms with Crippen molar-refractivity contribution in [2.75, 3.05) is 11.9 Å². The molecule has 1 saturated heterocycles. The third-order valence-corrected chi connectivity index (χ3v) is 6.44. The first-order valence-electron chi connectivity index (χ1n) is 10.8. The van der Waals surface area contributed by atoms with E-state index in [0.29, 0.717) is 11.5 Å². The molecule has 3 unspecified atom stereocenters. The summed E-state index contributed by atoms with van der Waals surface area (Å²) in [6, 6.07) is 21.8. The molecule has 2 fully saturated rings. The molecule has 3 atom stereocenters. The van der Waals surface area contributed by atoms with Gasteiger partial charge >= 0.3 is 0 Å². The lowest BCUT2D eigenvalue weighted by atomic mass is 10.0. The van der Waals surface area contributed by atoms with Gasteiger partial charge in [0.15, 0.2) is 6.19 Å². The summed E-state index contributed by atoms with van der Waals surface area (Å²) in [6.07, 6.45) is 4.17. The topological polar surface area (TPSA) is 68.2 Å². The van der Waals surface area contributed by atoms with Gasteiger partial charge in [-0.15, -0.1) is 0 Å². The van der Waals surface area contributed by atoms with Crippen molar-refractivity contribution in [3.63, 3.8) is 0 Å². The lowest BCUT2D eigenvalue weighted by Gasteiger charge is -2.29. The Balaban J connectivity index is 1.30. The second kappa shape index (κ2) is 8.35. The summed E-state index contributed by atoms with van der Waals surface area (Å²) in [4.78, 5) is 14.6. The van der Waals surface area contributed by atoms with Crippen LogP contribution in [0.3, 0.4) is 0 Å². The minimum absolute atomic E-state index is 0.0289. The molecule has 1 aliphatic heterocycles. The normalized spacial score (nSPS) is 21.2. The number of amides is 1. The molecule has 3 aromatic rings. The summed E-state index contributed by atoms with van der Waals surface area (Å²) in [5, 5.41) is 15.7. The summed E-state index contributed by atoms with van der Waals surface area (Å²) in [7, 11) is 0. The fraction of sp³-hybridized carbons (Fsp3) is 0.231. The van der Waals surface area contributed by atoms with Crippen molar-refractivity contribution in [1.29, 1.82) is 5.26 Å². The van der Waals surface area contributed by atoms with Crippen LogP contribution in [0.15, 0.2) is 72.8 Å². The predicted molar refractivity (Wildman–Crippen MR) is 122 cm³/mol. The molecule has 5 rings (SSSR count). The fourth-order valence-corrected chi connectivity index (χ4v) is 4.88. The molecule has 2 bridgehead atoms. The third kappa shape index (κ3) is 3.90. The summed E-state index contributed by atoms with van der Waals surface area (Å²) in [5.41, 5.74) is 4.26. The molecule has 1 amide bonds. The van der Waals surface area contributed by atoms with Crippen LogP contribution in [0.25, 0.3) is 11.1 Å². The van der Waals surface area contributed by atoms with Gasteiger partial charge < -0.3 is 15.5 Å². The first kappa shape index (κ1) is 20.1. The van der Waals surface area contributed by atoms with E-state index in [9.17, 15) is 14.4 Å². The number of likely N-dealkylation sites (tertiary alicyclic amines) is 1. The molecule has 2 aliphatic rings. The third-order valence-electron chi connectivity index (χ3n) is 6.44. The Hall–Kier alpha value is -3.85. The number of halogens is 1. The van der Waals surface area contributed by atoms with E-state index in [1.807, 2.05) is 48.5 Å². The van der Waals surface area contributed by atoms with Gasteiger partial charge in [0.1, 0.15) is 5.82 Å². The van der Waals surface area contributed by atoms with Crippen LogP contribution in [0.5, 0.6) is 0 Å². The zero-order chi connectivity index (χ0) is 22.1. The average Bonchev–Trinajstić information content (AvgIpc) is 3.41. The Morgan fingerprint density at radius 1 is 1.00 bits per heavy atom. The van der Waals surface area contributed by atoms with Crippen molar-refractivity contribution in [2.24, 2.45) is 5.92 Å². The van der Waals surface area contributed by atoms with E-state index in [1.165, 1.54) is 12.1 Å². The number of rotatable bonds is 5. The Kier molecular flexibility index (Phi) is 5.24. The maximum Gasteiger partial charge on any atom is 0.251 e. The highest BCUT2D eigenvalue weighted by Gasteiger charge is 2.45. The number of carbonyl (C=O) groups is 1. The maximum absolute atomic E-state index is 13.2. The number of nitriles is 1. The number of fused-ring (bicyclic) bond motifs is 2. The second-order valence-corrected chi connectivity index (χ2v) is 8.49. The maximum atomic E-state index is 13.2. The molecular formula is C26H23FN4O. The molecule has 3 aromatic carbocycles. The second-order valence-electron chi connectivity index (χ2n) is 8.49. The van der Waals surface area contributed by atoms with E-state index >= 15 is 0 Å². The molecule has 0 aromatic heterocycles. The largest absolute Gasteiger partial charge is 0.355 e. The van der Waals surface area contributed by atoms with Gasteiger partial charge in [0, 0.05) is 29.0 Å². The first-order valence-corrected chi connectivity index (χ1v) is 10.8. The van der Waals surface area contributed by atoms with Crippen molar-refractivity contribution in [3.8, 4) is 17.3 Å². The Morgan fingerprint density at radius 3 is 2.47 bits per heavy atom. The SMILES string of the molecule is N#CN1CC2CC(NC(=O)c3ccc(-c4ccccc4Nc4ccc(F)cc4)cc3)C1C2. The van der Waals surface area contributed by atoms with Crippen LogP contribution in [0.4, 0.5) is 15.8 Å². The highest BCUT2D eigenvalue weighted by molar-refractivity contribution is 5.95. The van der Waals surface area contributed by atoms with Crippen LogP contribution < -0.4 is 10.6 Å². The molecular weight excluding hydrogens is 403 g/mol. The van der Waals surface area contributed by atoms with Crippen LogP contribution in [-0.2, 0) is 0 Å². The molecule has 0 spiro atoms. The highest BCUT2D eigenvalue weighted by atomic mass is 19.1. The number of carbonyl (C=O) groups excluding carboxylic acids is 1. The van der Waals surface area contributed by atoms with E-state index in [4.69, 9.17) is 0 Å². The first-order chi connectivity index (χ1) is 15.6. The van der Waals surface area contributed by atoms with Crippen molar-refractivity contribution < 1.29 is 9.18 Å². The predicted octanol–water partition coefficient (Wildman–Crippen LogP) is 4.91. The lowest BCUT2D eigenvalue weighted by Crippen LogP contribution is -2.48. The zero-order valence-corrected chi connectivity index (χ0v) is 17.5. The number of nitrogens with one attached hydrogen (secondary N) is 2. The van der Waals surface area contributed by atoms with Gasteiger partial charge in [0.25, 0.3) is 5.91 Å². The van der Waals surface area contributed by atoms with Crippen LogP contribution >= 0.6 is 0 Å². The van der Waals surface area contributed by atoms with Crippen molar-refractivity contribution in [3.05, 3.63) is 84.2 Å². The summed E-state index contributed by atoms with van der Waals surface area (Å²) < 4.78 is 13.2. The van der Waals surface area contributed by atoms with E-state index in [2.05, 4.69) is 16.8 Å². The van der Waals surface area contributed by atoms with Crippen LogP contribution in [0, 0.1) is 23.2 Å². The fourth-order valence-electron chi connectivity index (χ4n) is 4.88. The van der Waals surface area contributed by atoms with Crippen molar-refractivity contribution >= 4 is 17.3 Å². The molecule has 1 heterocycles. The van der Waals surface area contributed by atoms with Gasteiger partial charge in [-0.2, -0.15) is 5.26 Å². The van der Waals surface area contributed by atoms with E-state index in [-0.39, 0.29) is 23.8 Å². The minimum Gasteiger partial charge on any atom is -0.355 e. The molecule has 6 heteroatoms. The van der Waals surface area contributed by atoms with Gasteiger partial charge in [-0.1, -0.05) is 30.3 Å². The molecule has 160 valence electrons. The van der Waals surface area contributed by atoms with Crippen LogP contribution in [-0.4, -0.2) is 29.4 Å². The van der Waals surface area contributed by atoms with E-state index in [1.54, 1.807) is 17.0 Å². The molecule has 1 saturated carbocycles.